The average Bonchev–Trinajstić information content (AvgIpc) is 2.33. The lowest BCUT2D eigenvalue weighted by Crippen LogP contribution is -2.33. The highest BCUT2D eigenvalue weighted by Crippen LogP contribution is 2.18. The van der Waals surface area contributed by atoms with Crippen LogP contribution >= 0.6 is 11.6 Å². The Labute approximate surface area is 114 Å². The Hall–Kier alpha value is -1.06. The van der Waals surface area contributed by atoms with E-state index < -0.39 is 5.60 Å². The van der Waals surface area contributed by atoms with Gasteiger partial charge < -0.3 is 10.5 Å². The molecule has 1 rings (SSSR count). The van der Waals surface area contributed by atoms with Crippen LogP contribution in [-0.4, -0.2) is 18.1 Å². The van der Waals surface area contributed by atoms with Crippen molar-refractivity contribution in [1.82, 2.24) is 0 Å². The van der Waals surface area contributed by atoms with Gasteiger partial charge in [0.1, 0.15) is 5.60 Å². The molecule has 0 aliphatic heterocycles. The first-order chi connectivity index (χ1) is 8.43. The molecule has 0 fully saturated rings. The summed E-state index contributed by atoms with van der Waals surface area (Å²) >= 11 is 5.79. The minimum atomic E-state index is -0.551. The van der Waals surface area contributed by atoms with Crippen LogP contribution in [0.5, 0.6) is 0 Å². The third-order valence-corrected chi connectivity index (χ3v) is 2.35. The number of ether oxygens (including phenoxy) is 1. The van der Waals surface area contributed by atoms with Crippen molar-refractivity contribution >= 4 is 17.6 Å². The Bertz CT molecular complexity index is 361. The third kappa shape index (κ3) is 6.62. The quantitative estimate of drug-likeness (QED) is 0.856. The van der Waals surface area contributed by atoms with E-state index >= 15 is 0 Å². The monoisotopic (exact) mass is 271 g/mol. The predicted octanol–water partition coefficient (Wildman–Crippen LogP) is 3.19. The number of benzene rings is 1. The molecule has 0 saturated carbocycles. The van der Waals surface area contributed by atoms with Crippen LogP contribution in [0, 0.1) is 0 Å². The van der Waals surface area contributed by atoms with Crippen molar-refractivity contribution in [2.24, 2.45) is 5.73 Å². The molecule has 0 radical (unpaired) electrons. The summed E-state index contributed by atoms with van der Waals surface area (Å²) in [5.41, 5.74) is 5.72. The minimum Gasteiger partial charge on any atom is -0.458 e. The molecule has 0 spiro atoms. The normalized spacial score (nSPS) is 10.3. The van der Waals surface area contributed by atoms with Crippen molar-refractivity contribution in [2.45, 2.75) is 39.7 Å². The first-order valence-corrected chi connectivity index (χ1v) is 6.47. The maximum Gasteiger partial charge on any atom is 0.320 e. The highest BCUT2D eigenvalue weighted by Gasteiger charge is 2.22. The van der Waals surface area contributed by atoms with Gasteiger partial charge in [-0.1, -0.05) is 37.6 Å². The lowest BCUT2D eigenvalue weighted by atomic mass is 9.98. The Morgan fingerprint density at radius 1 is 1.28 bits per heavy atom. The molecule has 0 atom stereocenters. The molecule has 3 nitrogen and oxygen atoms in total. The molecule has 1 aromatic carbocycles. The van der Waals surface area contributed by atoms with Crippen LogP contribution in [0.2, 0.25) is 5.02 Å². The fraction of sp³-hybridized carbons (Fsp3) is 0.500. The van der Waals surface area contributed by atoms with E-state index in [4.69, 9.17) is 22.1 Å². The molecule has 4 heteroatoms. The highest BCUT2D eigenvalue weighted by molar-refractivity contribution is 6.30. The van der Waals surface area contributed by atoms with Gasteiger partial charge in [0.2, 0.25) is 0 Å². The van der Waals surface area contributed by atoms with E-state index in [1.807, 2.05) is 52.0 Å². The average molecular weight is 272 g/mol. The Kier molecular flexibility index (Phi) is 7.64. The van der Waals surface area contributed by atoms with Crippen molar-refractivity contribution in [1.29, 1.82) is 0 Å². The van der Waals surface area contributed by atoms with Gasteiger partial charge in [0.05, 0.1) is 6.54 Å². The van der Waals surface area contributed by atoms with Crippen molar-refractivity contribution in [2.75, 3.05) is 6.54 Å². The second kappa shape index (κ2) is 8.11. The molecule has 0 heterocycles. The topological polar surface area (TPSA) is 52.3 Å². The second-order valence-electron chi connectivity index (χ2n) is 4.24. The summed E-state index contributed by atoms with van der Waals surface area (Å²) in [6.07, 6.45) is 0.635. The Morgan fingerprint density at radius 2 is 1.78 bits per heavy atom. The molecule has 0 aliphatic carbocycles. The summed E-state index contributed by atoms with van der Waals surface area (Å²) in [6, 6.07) is 7.47. The summed E-state index contributed by atoms with van der Waals surface area (Å²) in [6.45, 7) is 7.62. The maximum atomic E-state index is 11.1. The number of esters is 1. The fourth-order valence-electron chi connectivity index (χ4n) is 1.48. The zero-order valence-corrected chi connectivity index (χ0v) is 12.3. The number of hydrogen-bond donors (Lipinski definition) is 1. The van der Waals surface area contributed by atoms with Crippen LogP contribution in [0.1, 0.15) is 33.3 Å². The molecular formula is C14H22ClNO2. The van der Waals surface area contributed by atoms with Crippen molar-refractivity contribution in [3.8, 4) is 0 Å². The van der Waals surface area contributed by atoms with E-state index in [0.717, 1.165) is 5.56 Å². The zero-order valence-electron chi connectivity index (χ0n) is 11.5. The minimum absolute atomic E-state index is 0.0932. The molecule has 18 heavy (non-hydrogen) atoms. The number of nitrogens with two attached hydrogens (primary N) is 1. The first-order valence-electron chi connectivity index (χ1n) is 6.09. The standard InChI is InChI=1S/C12H16ClNO2.C2H6/c1-12(2,16-11(15)8-14)7-9-3-5-10(13)6-4-9;1-2/h3-6H,7-8,14H2,1-2H3;1-2H3. The fourth-order valence-corrected chi connectivity index (χ4v) is 1.61. The smallest absolute Gasteiger partial charge is 0.320 e. The summed E-state index contributed by atoms with van der Waals surface area (Å²) in [5, 5.41) is 0.695. The first kappa shape index (κ1) is 16.9. The number of carbonyl (C=O) groups excluding carboxylic acids is 1. The molecule has 0 aromatic heterocycles. The third-order valence-electron chi connectivity index (χ3n) is 2.10. The molecule has 0 amide bonds. The second-order valence-corrected chi connectivity index (χ2v) is 4.68. The molecule has 0 saturated heterocycles. The van der Waals surface area contributed by atoms with E-state index in [1.165, 1.54) is 0 Å². The molecule has 102 valence electrons. The van der Waals surface area contributed by atoms with Crippen molar-refractivity contribution in [3.63, 3.8) is 0 Å². The van der Waals surface area contributed by atoms with Crippen LogP contribution in [0.3, 0.4) is 0 Å². The van der Waals surface area contributed by atoms with Crippen LogP contribution in [0.15, 0.2) is 24.3 Å². The molecule has 1 aromatic rings. The van der Waals surface area contributed by atoms with E-state index in [9.17, 15) is 4.79 Å². The van der Waals surface area contributed by atoms with Crippen LogP contribution in [0.25, 0.3) is 0 Å². The maximum absolute atomic E-state index is 11.1. The molecule has 0 unspecified atom stereocenters. The van der Waals surface area contributed by atoms with Gasteiger partial charge in [0, 0.05) is 11.4 Å². The SMILES string of the molecule is CC.CC(C)(Cc1ccc(Cl)cc1)OC(=O)CN. The van der Waals surface area contributed by atoms with Crippen LogP contribution in [-0.2, 0) is 16.0 Å². The summed E-state index contributed by atoms with van der Waals surface area (Å²) in [7, 11) is 0. The predicted molar refractivity (Wildman–Crippen MR) is 75.7 cm³/mol. The number of hydrogen-bond acceptors (Lipinski definition) is 3. The highest BCUT2D eigenvalue weighted by atomic mass is 35.5. The van der Waals surface area contributed by atoms with Gasteiger partial charge in [-0.05, 0) is 31.5 Å². The summed E-state index contributed by atoms with van der Waals surface area (Å²) in [4.78, 5) is 11.1. The number of rotatable bonds is 4. The van der Waals surface area contributed by atoms with Gasteiger partial charge in [0.25, 0.3) is 0 Å². The lowest BCUT2D eigenvalue weighted by molar-refractivity contribution is -0.154. The molecule has 0 aliphatic rings. The van der Waals surface area contributed by atoms with E-state index in [0.29, 0.717) is 11.4 Å². The van der Waals surface area contributed by atoms with Gasteiger partial charge in [-0.15, -0.1) is 0 Å². The van der Waals surface area contributed by atoms with E-state index in [-0.39, 0.29) is 12.5 Å². The number of carbonyl (C=O) groups is 1. The lowest BCUT2D eigenvalue weighted by Gasteiger charge is -2.25. The number of halogens is 1. The van der Waals surface area contributed by atoms with Gasteiger partial charge in [-0.2, -0.15) is 0 Å². The largest absolute Gasteiger partial charge is 0.458 e. The summed E-state index contributed by atoms with van der Waals surface area (Å²) < 4.78 is 5.22. The molecular weight excluding hydrogens is 250 g/mol. The van der Waals surface area contributed by atoms with Gasteiger partial charge >= 0.3 is 5.97 Å². The van der Waals surface area contributed by atoms with Crippen LogP contribution < -0.4 is 5.73 Å². The van der Waals surface area contributed by atoms with E-state index in [1.54, 1.807) is 0 Å². The molecule has 2 N–H and O–H groups in total. The van der Waals surface area contributed by atoms with E-state index in [2.05, 4.69) is 0 Å². The molecule has 0 bridgehead atoms. The van der Waals surface area contributed by atoms with Crippen LogP contribution in [0.4, 0.5) is 0 Å². The van der Waals surface area contributed by atoms with Gasteiger partial charge in [-0.3, -0.25) is 4.79 Å². The van der Waals surface area contributed by atoms with Gasteiger partial charge in [-0.25, -0.2) is 0 Å². The van der Waals surface area contributed by atoms with Crippen molar-refractivity contribution in [3.05, 3.63) is 34.9 Å². The van der Waals surface area contributed by atoms with Gasteiger partial charge in [0.15, 0.2) is 0 Å². The Morgan fingerprint density at radius 3 is 2.22 bits per heavy atom. The Balaban J connectivity index is 0.00000137. The van der Waals surface area contributed by atoms with Crippen molar-refractivity contribution < 1.29 is 9.53 Å². The summed E-state index contributed by atoms with van der Waals surface area (Å²) in [5.74, 6) is -0.390. The zero-order chi connectivity index (χ0) is 14.2.